The Bertz CT molecular complexity index is 1320. The van der Waals surface area contributed by atoms with Gasteiger partial charge in [0, 0.05) is 25.6 Å². The summed E-state index contributed by atoms with van der Waals surface area (Å²) in [4.78, 5) is 39.5. The summed E-state index contributed by atoms with van der Waals surface area (Å²) in [5.41, 5.74) is 6.71. The Hall–Kier alpha value is -3.47. The van der Waals surface area contributed by atoms with Gasteiger partial charge in [0.05, 0.1) is 12.9 Å². The van der Waals surface area contributed by atoms with E-state index >= 15 is 0 Å². The molecule has 2 amide bonds. The lowest BCUT2D eigenvalue weighted by atomic mass is 9.86. The molecule has 0 aromatic carbocycles. The van der Waals surface area contributed by atoms with Crippen LogP contribution in [0.2, 0.25) is 0 Å². The number of hydrogen-bond donors (Lipinski definition) is 4. The van der Waals surface area contributed by atoms with Crippen LogP contribution < -0.4 is 11.1 Å². The highest BCUT2D eigenvalue weighted by molar-refractivity contribution is 5.83. The Morgan fingerprint density at radius 3 is 2.58 bits per heavy atom. The number of hydrogen-bond acceptors (Lipinski definition) is 10. The van der Waals surface area contributed by atoms with Gasteiger partial charge in [-0.2, -0.15) is 0 Å². The van der Waals surface area contributed by atoms with Crippen molar-refractivity contribution in [3.63, 3.8) is 0 Å². The van der Waals surface area contributed by atoms with E-state index < -0.39 is 30.4 Å². The second-order valence-electron chi connectivity index (χ2n) is 11.3. The van der Waals surface area contributed by atoms with Crippen LogP contribution in [-0.2, 0) is 14.3 Å². The minimum Gasteiger partial charge on any atom is -0.449 e. The van der Waals surface area contributed by atoms with Crippen LogP contribution in [0.3, 0.4) is 0 Å². The number of amides is 2. The molecule has 0 bridgehead atoms. The first-order valence-electron chi connectivity index (χ1n) is 14.1. The topological polar surface area (TPSA) is 178 Å². The van der Waals surface area contributed by atoms with Crippen LogP contribution in [-0.4, -0.2) is 90.7 Å². The molecule has 4 aliphatic rings. The van der Waals surface area contributed by atoms with Gasteiger partial charge in [-0.3, -0.25) is 9.36 Å². The van der Waals surface area contributed by atoms with Gasteiger partial charge < -0.3 is 35.6 Å². The standard InChI is InChI=1S/C27H35N7O6/c28-23-19-24(34(14-29-19)26-21(36)20(35)22(40-26)25(37)30-17-7-8-17)32-18(31-23)6-2-3-15-9-11-33(12-10-15)27(38)39-13-16-4-1-5-16/h14-17,20-22,26,35-36H,1,3-5,7-13H2,(H,30,37)(H2,28,31,32)/t20?,21-,22-,26+/m0/s1. The third-order valence-corrected chi connectivity index (χ3v) is 8.27. The lowest BCUT2D eigenvalue weighted by molar-refractivity contribution is -0.137. The molecule has 0 radical (unpaired) electrons. The van der Waals surface area contributed by atoms with E-state index in [1.807, 2.05) is 0 Å². The molecule has 214 valence electrons. The molecule has 13 nitrogen and oxygen atoms in total. The van der Waals surface area contributed by atoms with Crippen LogP contribution in [0.25, 0.3) is 11.2 Å². The van der Waals surface area contributed by atoms with Crippen molar-refractivity contribution < 1.29 is 29.3 Å². The van der Waals surface area contributed by atoms with Crippen LogP contribution in [0, 0.1) is 23.7 Å². The highest BCUT2D eigenvalue weighted by Gasteiger charge is 2.48. The number of likely N-dealkylation sites (tertiary alicyclic amines) is 1. The number of nitrogens with zero attached hydrogens (tertiary/aromatic N) is 5. The zero-order valence-electron chi connectivity index (χ0n) is 22.2. The first-order valence-corrected chi connectivity index (χ1v) is 14.1. The molecule has 1 unspecified atom stereocenters. The minimum atomic E-state index is -1.41. The summed E-state index contributed by atoms with van der Waals surface area (Å²) in [5.74, 6) is 6.84. The van der Waals surface area contributed by atoms with Crippen molar-refractivity contribution in [1.82, 2.24) is 29.7 Å². The Balaban J connectivity index is 1.08. The van der Waals surface area contributed by atoms with Crippen molar-refractivity contribution in [3.8, 4) is 11.8 Å². The highest BCUT2D eigenvalue weighted by atomic mass is 16.6. The van der Waals surface area contributed by atoms with Crippen LogP contribution in [0.1, 0.15) is 63.4 Å². The van der Waals surface area contributed by atoms with E-state index in [0.717, 1.165) is 38.5 Å². The maximum absolute atomic E-state index is 12.5. The molecule has 4 heterocycles. The lowest BCUT2D eigenvalue weighted by Crippen LogP contribution is -2.43. The molecule has 0 spiro atoms. The number of nitrogens with one attached hydrogen (secondary N) is 1. The maximum atomic E-state index is 12.5. The highest BCUT2D eigenvalue weighted by Crippen LogP contribution is 2.33. The number of ether oxygens (including phenoxy) is 2. The third-order valence-electron chi connectivity index (χ3n) is 8.27. The molecule has 4 fully saturated rings. The summed E-state index contributed by atoms with van der Waals surface area (Å²) in [6, 6.07) is 0.0906. The molecular weight excluding hydrogens is 518 g/mol. The number of rotatable bonds is 6. The van der Waals surface area contributed by atoms with Crippen molar-refractivity contribution >= 4 is 29.0 Å². The van der Waals surface area contributed by atoms with Gasteiger partial charge in [-0.05, 0) is 56.3 Å². The zero-order valence-corrected chi connectivity index (χ0v) is 22.2. The number of carbonyl (C=O) groups excluding carboxylic acids is 2. The van der Waals surface area contributed by atoms with E-state index in [4.69, 9.17) is 15.2 Å². The number of carbonyl (C=O) groups is 2. The Morgan fingerprint density at radius 2 is 1.88 bits per heavy atom. The fourth-order valence-electron chi connectivity index (χ4n) is 5.33. The number of aliphatic hydroxyl groups excluding tert-OH is 2. The number of fused-ring (bicyclic) bond motifs is 1. The average molecular weight is 554 g/mol. The lowest BCUT2D eigenvalue weighted by Gasteiger charge is -2.32. The van der Waals surface area contributed by atoms with Crippen molar-refractivity contribution in [2.75, 3.05) is 25.4 Å². The van der Waals surface area contributed by atoms with Gasteiger partial charge >= 0.3 is 6.09 Å². The molecule has 2 aromatic heterocycles. The number of anilines is 1. The Labute approximate surface area is 231 Å². The number of aromatic nitrogens is 4. The predicted molar refractivity (Wildman–Crippen MR) is 141 cm³/mol. The van der Waals surface area contributed by atoms with E-state index in [2.05, 4.69) is 32.1 Å². The molecule has 2 saturated carbocycles. The summed E-state index contributed by atoms with van der Waals surface area (Å²) < 4.78 is 12.7. The van der Waals surface area contributed by atoms with E-state index in [1.54, 1.807) is 4.90 Å². The second kappa shape index (κ2) is 11.2. The SMILES string of the molecule is Nc1nc(C#CCC2CCN(C(=O)OCC3CCC3)CC2)nc2c1ncn2[C@@H]1O[C@H](C(=O)NC2CC2)C(O)[C@@H]1O. The van der Waals surface area contributed by atoms with Crippen molar-refractivity contribution in [2.45, 2.75) is 81.9 Å². The molecular formula is C27H35N7O6. The molecule has 6 rings (SSSR count). The number of aliphatic hydroxyl groups is 2. The quantitative estimate of drug-likeness (QED) is 0.372. The minimum absolute atomic E-state index is 0.0906. The number of piperidine rings is 1. The van der Waals surface area contributed by atoms with E-state index in [0.29, 0.717) is 43.5 Å². The van der Waals surface area contributed by atoms with Gasteiger partial charge in [0.15, 0.2) is 23.8 Å². The summed E-state index contributed by atoms with van der Waals surface area (Å²) in [5, 5.41) is 23.9. The van der Waals surface area contributed by atoms with Crippen molar-refractivity contribution in [3.05, 3.63) is 12.2 Å². The summed E-state index contributed by atoms with van der Waals surface area (Å²) in [7, 11) is 0. The van der Waals surface area contributed by atoms with Gasteiger partial charge in [0.25, 0.3) is 5.91 Å². The van der Waals surface area contributed by atoms with Gasteiger partial charge in [0.1, 0.15) is 17.7 Å². The Kier molecular flexibility index (Phi) is 7.48. The molecule has 2 aliphatic carbocycles. The average Bonchev–Trinajstić information content (AvgIpc) is 3.55. The molecule has 2 aliphatic heterocycles. The molecule has 2 saturated heterocycles. The van der Waals surface area contributed by atoms with E-state index in [-0.39, 0.29) is 29.4 Å². The van der Waals surface area contributed by atoms with Crippen molar-refractivity contribution in [1.29, 1.82) is 0 Å². The van der Waals surface area contributed by atoms with Crippen LogP contribution in [0.15, 0.2) is 6.33 Å². The van der Waals surface area contributed by atoms with Crippen molar-refractivity contribution in [2.24, 2.45) is 11.8 Å². The molecule has 5 N–H and O–H groups in total. The first-order chi connectivity index (χ1) is 19.4. The molecule has 13 heteroatoms. The largest absolute Gasteiger partial charge is 0.449 e. The zero-order chi connectivity index (χ0) is 27.8. The fraction of sp³-hybridized carbons (Fsp3) is 0.667. The van der Waals surface area contributed by atoms with Gasteiger partial charge in [-0.1, -0.05) is 12.3 Å². The van der Waals surface area contributed by atoms with Crippen LogP contribution >= 0.6 is 0 Å². The van der Waals surface area contributed by atoms with Crippen LogP contribution in [0.5, 0.6) is 0 Å². The molecule has 4 atom stereocenters. The number of imidazole rings is 1. The Morgan fingerprint density at radius 1 is 1.10 bits per heavy atom. The maximum Gasteiger partial charge on any atom is 0.409 e. The number of nitrogen functional groups attached to an aromatic ring is 1. The summed E-state index contributed by atoms with van der Waals surface area (Å²) >= 11 is 0. The second-order valence-corrected chi connectivity index (χ2v) is 11.3. The van der Waals surface area contributed by atoms with E-state index in [1.165, 1.54) is 17.3 Å². The summed E-state index contributed by atoms with van der Waals surface area (Å²) in [6.07, 6.45) is 3.71. The monoisotopic (exact) mass is 553 g/mol. The van der Waals surface area contributed by atoms with Gasteiger partial charge in [-0.25, -0.2) is 19.7 Å². The smallest absolute Gasteiger partial charge is 0.409 e. The fourth-order valence-corrected chi connectivity index (χ4v) is 5.33. The number of nitrogens with two attached hydrogens (primary N) is 1. The predicted octanol–water partition coefficient (Wildman–Crippen LogP) is 0.697. The first kappa shape index (κ1) is 26.7. The van der Waals surface area contributed by atoms with Gasteiger partial charge in [0.2, 0.25) is 5.82 Å². The third kappa shape index (κ3) is 5.56. The van der Waals surface area contributed by atoms with Gasteiger partial charge in [-0.15, -0.1) is 0 Å². The molecule has 2 aromatic rings. The normalized spacial score (nSPS) is 27.2. The molecule has 40 heavy (non-hydrogen) atoms. The summed E-state index contributed by atoms with van der Waals surface area (Å²) in [6.45, 7) is 1.83. The van der Waals surface area contributed by atoms with Crippen LogP contribution in [0.4, 0.5) is 10.6 Å². The van der Waals surface area contributed by atoms with E-state index in [9.17, 15) is 19.8 Å².